The Morgan fingerprint density at radius 1 is 0.694 bits per heavy atom. The normalized spacial score (nSPS) is 24.4. The van der Waals surface area contributed by atoms with Crippen molar-refractivity contribution >= 4 is 0 Å². The molecule has 2 fully saturated rings. The molecule has 2 saturated carbocycles. The average molecular weight is 481 g/mol. The molecule has 0 aromatic heterocycles. The molecule has 192 valence electrons. The van der Waals surface area contributed by atoms with E-state index < -0.39 is 0 Å². The third-order valence-corrected chi connectivity index (χ3v) is 8.87. The third kappa shape index (κ3) is 8.13. The lowest BCUT2D eigenvalue weighted by molar-refractivity contribution is 0.303. The number of aryl methyl sites for hydroxylation is 1. The van der Waals surface area contributed by atoms with Gasteiger partial charge in [0.15, 0.2) is 0 Å². The van der Waals surface area contributed by atoms with Gasteiger partial charge in [-0.15, -0.1) is 0 Å². The van der Waals surface area contributed by atoms with Crippen LogP contribution in [0.25, 0.3) is 0 Å². The van der Waals surface area contributed by atoms with Crippen LogP contribution in [0, 0.1) is 23.7 Å². The van der Waals surface area contributed by atoms with E-state index in [1.165, 1.54) is 101 Å². The van der Waals surface area contributed by atoms with Gasteiger partial charge in [-0.2, -0.15) is 0 Å². The molecule has 4 rings (SSSR count). The molecule has 0 amide bonds. The first kappa shape index (κ1) is 26.8. The van der Waals surface area contributed by atoms with Crippen molar-refractivity contribution < 1.29 is 0 Å². The lowest BCUT2D eigenvalue weighted by Gasteiger charge is -2.29. The van der Waals surface area contributed by atoms with Crippen LogP contribution in [0.1, 0.15) is 131 Å². The maximum Gasteiger partial charge on any atom is 0.0249 e. The fraction of sp³-hybridized carbons (Fsp3) is 0.556. The number of rotatable bonds is 9. The zero-order valence-corrected chi connectivity index (χ0v) is 23.0. The van der Waals surface area contributed by atoms with Gasteiger partial charge in [-0.25, -0.2) is 0 Å². The van der Waals surface area contributed by atoms with Crippen LogP contribution < -0.4 is 0 Å². The van der Waals surface area contributed by atoms with Crippen LogP contribution in [-0.2, 0) is 6.42 Å². The highest BCUT2D eigenvalue weighted by Crippen LogP contribution is 2.38. The molecule has 0 heteroatoms. The first-order chi connectivity index (χ1) is 17.7. The Morgan fingerprint density at radius 3 is 1.92 bits per heavy atom. The summed E-state index contributed by atoms with van der Waals surface area (Å²) in [6.45, 7) is 4.56. The third-order valence-electron chi connectivity index (χ3n) is 8.87. The van der Waals surface area contributed by atoms with E-state index in [-0.39, 0.29) is 0 Å². The second-order valence-electron chi connectivity index (χ2n) is 11.6. The Morgan fingerprint density at radius 2 is 1.31 bits per heavy atom. The lowest BCUT2D eigenvalue weighted by Crippen LogP contribution is -2.13. The van der Waals surface area contributed by atoms with Gasteiger partial charge in [0.1, 0.15) is 0 Å². The molecule has 0 bridgehead atoms. The first-order valence-corrected chi connectivity index (χ1v) is 15.1. The minimum absolute atomic E-state index is 0.689. The van der Waals surface area contributed by atoms with Gasteiger partial charge in [0.25, 0.3) is 0 Å². The highest BCUT2D eigenvalue weighted by Gasteiger charge is 2.22. The maximum atomic E-state index is 3.36. The van der Waals surface area contributed by atoms with Crippen molar-refractivity contribution in [3.05, 3.63) is 82.9 Å². The molecule has 0 saturated heterocycles. The van der Waals surface area contributed by atoms with Crippen LogP contribution in [0.15, 0.2) is 60.7 Å². The average Bonchev–Trinajstić information content (AvgIpc) is 2.93. The van der Waals surface area contributed by atoms with Gasteiger partial charge < -0.3 is 0 Å². The predicted molar refractivity (Wildman–Crippen MR) is 156 cm³/mol. The molecular formula is C36H48. The molecule has 0 nitrogen and oxygen atoms in total. The van der Waals surface area contributed by atoms with E-state index in [9.17, 15) is 0 Å². The van der Waals surface area contributed by atoms with Gasteiger partial charge >= 0.3 is 0 Å². The lowest BCUT2D eigenvalue weighted by atomic mass is 9.77. The van der Waals surface area contributed by atoms with E-state index in [4.69, 9.17) is 0 Å². The van der Waals surface area contributed by atoms with Crippen molar-refractivity contribution in [2.24, 2.45) is 11.8 Å². The molecule has 0 atom stereocenters. The monoisotopic (exact) mass is 480 g/mol. The summed E-state index contributed by atoms with van der Waals surface area (Å²) in [6, 6.07) is 18.6. The van der Waals surface area contributed by atoms with Gasteiger partial charge in [0.05, 0.1) is 0 Å². The summed E-state index contributed by atoms with van der Waals surface area (Å²) >= 11 is 0. The Hall–Kier alpha value is -2.26. The van der Waals surface area contributed by atoms with E-state index in [0.29, 0.717) is 5.92 Å². The highest BCUT2D eigenvalue weighted by atomic mass is 14.3. The van der Waals surface area contributed by atoms with Gasteiger partial charge in [0, 0.05) is 5.56 Å². The molecule has 0 N–H and O–H groups in total. The minimum Gasteiger partial charge on any atom is -0.0730 e. The highest BCUT2D eigenvalue weighted by molar-refractivity contribution is 5.39. The summed E-state index contributed by atoms with van der Waals surface area (Å²) < 4.78 is 0. The van der Waals surface area contributed by atoms with Crippen molar-refractivity contribution in [1.29, 1.82) is 0 Å². The van der Waals surface area contributed by atoms with E-state index in [2.05, 4.69) is 86.4 Å². The van der Waals surface area contributed by atoms with Crippen molar-refractivity contribution in [2.75, 3.05) is 0 Å². The molecule has 2 aliphatic carbocycles. The van der Waals surface area contributed by atoms with Gasteiger partial charge in [-0.05, 0) is 116 Å². The van der Waals surface area contributed by atoms with Crippen LogP contribution in [0.3, 0.4) is 0 Å². The van der Waals surface area contributed by atoms with Crippen LogP contribution in [0.2, 0.25) is 0 Å². The van der Waals surface area contributed by atoms with Crippen LogP contribution in [-0.4, -0.2) is 0 Å². The largest absolute Gasteiger partial charge is 0.0730 e. The molecule has 2 aromatic carbocycles. The minimum atomic E-state index is 0.689. The maximum absolute atomic E-state index is 3.36. The standard InChI is InChI=1S/C36H48/c1-3-5-6-10-30-15-23-35(24-16-30)36-27-19-32(20-28-36)12-8-7-11-31-17-25-34(26-18-31)33-21-13-29(9-4-2)14-22-33/h7,11,13-14,19-22,27-28,30-31,34-35H,3-6,9-10,15-18,23-26H2,1-2H3. The number of allylic oxidation sites excluding steroid dienone is 2. The Balaban J connectivity index is 1.18. The zero-order chi connectivity index (χ0) is 25.0. The summed E-state index contributed by atoms with van der Waals surface area (Å²) in [4.78, 5) is 0. The van der Waals surface area contributed by atoms with Crippen molar-refractivity contribution in [3.8, 4) is 11.8 Å². The number of benzene rings is 2. The van der Waals surface area contributed by atoms with E-state index in [1.54, 1.807) is 5.56 Å². The fourth-order valence-corrected chi connectivity index (χ4v) is 6.51. The second-order valence-corrected chi connectivity index (χ2v) is 11.6. The predicted octanol–water partition coefficient (Wildman–Crippen LogP) is 10.4. The van der Waals surface area contributed by atoms with Crippen LogP contribution in [0.4, 0.5) is 0 Å². The molecule has 2 aliphatic rings. The zero-order valence-electron chi connectivity index (χ0n) is 23.0. The van der Waals surface area contributed by atoms with Gasteiger partial charge in [-0.1, -0.05) is 100 Å². The second kappa shape index (κ2) is 14.5. The van der Waals surface area contributed by atoms with Crippen molar-refractivity contribution in [2.45, 2.75) is 116 Å². The first-order valence-electron chi connectivity index (χ1n) is 15.1. The molecule has 0 aliphatic heterocycles. The summed E-state index contributed by atoms with van der Waals surface area (Å²) in [6.07, 6.45) is 23.3. The summed E-state index contributed by atoms with van der Waals surface area (Å²) in [7, 11) is 0. The van der Waals surface area contributed by atoms with Crippen molar-refractivity contribution in [3.63, 3.8) is 0 Å². The molecule has 0 radical (unpaired) electrons. The fourth-order valence-electron chi connectivity index (χ4n) is 6.51. The van der Waals surface area contributed by atoms with E-state index >= 15 is 0 Å². The Kier molecular flexibility index (Phi) is 10.8. The number of unbranched alkanes of at least 4 members (excludes halogenated alkanes) is 2. The molecular weight excluding hydrogens is 432 g/mol. The molecule has 2 aromatic rings. The summed E-state index contributed by atoms with van der Waals surface area (Å²) in [5.41, 5.74) is 5.69. The molecule has 0 heterocycles. The van der Waals surface area contributed by atoms with E-state index in [0.717, 1.165) is 23.3 Å². The van der Waals surface area contributed by atoms with Crippen LogP contribution >= 0.6 is 0 Å². The summed E-state index contributed by atoms with van der Waals surface area (Å²) in [5.74, 6) is 9.85. The number of hydrogen-bond acceptors (Lipinski definition) is 0. The topological polar surface area (TPSA) is 0 Å². The smallest absolute Gasteiger partial charge is 0.0249 e. The van der Waals surface area contributed by atoms with Gasteiger partial charge in [0.2, 0.25) is 0 Å². The number of hydrogen-bond donors (Lipinski definition) is 0. The Labute approximate surface area is 222 Å². The van der Waals surface area contributed by atoms with Crippen LogP contribution in [0.5, 0.6) is 0 Å². The van der Waals surface area contributed by atoms with Gasteiger partial charge in [-0.3, -0.25) is 0 Å². The van der Waals surface area contributed by atoms with Crippen molar-refractivity contribution in [1.82, 2.24) is 0 Å². The Bertz CT molecular complexity index is 965. The molecule has 0 spiro atoms. The molecule has 0 unspecified atom stereocenters. The summed E-state index contributed by atoms with van der Waals surface area (Å²) in [5, 5.41) is 0. The quantitative estimate of drug-likeness (QED) is 0.247. The molecule has 36 heavy (non-hydrogen) atoms. The van der Waals surface area contributed by atoms with E-state index in [1.807, 2.05) is 0 Å². The SMILES string of the molecule is CCCCCC1CCC(c2ccc(C#CC=CC3CCC(c4ccc(CCC)cc4)CC3)cc2)CC1.